The van der Waals surface area contributed by atoms with E-state index < -0.39 is 16.4 Å². The normalized spacial score (nSPS) is 10.4. The molecule has 0 atom stereocenters. The molecule has 2 aromatic rings. The molecule has 110 valence electrons. The summed E-state index contributed by atoms with van der Waals surface area (Å²) in [6.45, 7) is 6.41. The van der Waals surface area contributed by atoms with Gasteiger partial charge in [-0.15, -0.1) is 0 Å². The number of benzene rings is 1. The van der Waals surface area contributed by atoms with Gasteiger partial charge in [0.15, 0.2) is 0 Å². The van der Waals surface area contributed by atoms with Crippen LogP contribution in [0.15, 0.2) is 28.8 Å². The number of amides is 1. The Hall–Kier alpha value is -2.28. The average Bonchev–Trinajstić information content (AvgIpc) is 2.81. The van der Waals surface area contributed by atoms with Crippen LogP contribution in [0.5, 0.6) is 0 Å². The third-order valence-electron chi connectivity index (χ3n) is 3.24. The molecule has 0 aliphatic carbocycles. The number of nitrogens with zero attached hydrogens (tertiary/aromatic N) is 3. The first kappa shape index (κ1) is 15.1. The zero-order valence-corrected chi connectivity index (χ0v) is 12.8. The van der Waals surface area contributed by atoms with Gasteiger partial charge in [0.05, 0.1) is 6.54 Å². The van der Waals surface area contributed by atoms with Crippen LogP contribution in [0.3, 0.4) is 0 Å². The van der Waals surface area contributed by atoms with Crippen LogP contribution in [0, 0.1) is 20.8 Å². The summed E-state index contributed by atoms with van der Waals surface area (Å²) in [6.07, 6.45) is 1.45. The fourth-order valence-electron chi connectivity index (χ4n) is 2.36. The van der Waals surface area contributed by atoms with E-state index in [1.807, 2.05) is 20.8 Å². The second-order valence-electron chi connectivity index (χ2n) is 4.86. The molecule has 0 unspecified atom stereocenters. The number of hydrogen-bond donors (Lipinski definition) is 0. The van der Waals surface area contributed by atoms with Crippen LogP contribution in [0.4, 0.5) is 0 Å². The van der Waals surface area contributed by atoms with E-state index in [4.69, 9.17) is 0 Å². The molecular formula is C14H15N3O3S. The summed E-state index contributed by atoms with van der Waals surface area (Å²) in [5.74, 6) is -0.816. The molecular weight excluding hydrogens is 290 g/mol. The van der Waals surface area contributed by atoms with E-state index in [2.05, 4.69) is 21.6 Å². The lowest BCUT2D eigenvalue weighted by molar-refractivity contribution is 0.0995. The summed E-state index contributed by atoms with van der Waals surface area (Å²) in [7, 11) is -2.76. The zero-order valence-electron chi connectivity index (χ0n) is 12.0. The van der Waals surface area contributed by atoms with Crippen molar-refractivity contribution in [3.05, 3.63) is 52.3 Å². The number of aromatic nitrogens is 2. The molecule has 0 saturated carbocycles. The summed E-state index contributed by atoms with van der Waals surface area (Å²) >= 11 is 0. The van der Waals surface area contributed by atoms with Crippen molar-refractivity contribution in [3.63, 3.8) is 0 Å². The second kappa shape index (κ2) is 6.01. The first-order chi connectivity index (χ1) is 9.88. The van der Waals surface area contributed by atoms with Gasteiger partial charge >= 0.3 is 16.4 Å². The molecule has 21 heavy (non-hydrogen) atoms. The van der Waals surface area contributed by atoms with E-state index in [-0.39, 0.29) is 5.69 Å². The lowest BCUT2D eigenvalue weighted by Gasteiger charge is -2.12. The molecule has 7 heteroatoms. The van der Waals surface area contributed by atoms with Crippen LogP contribution in [-0.4, -0.2) is 24.1 Å². The molecule has 2 rings (SSSR count). The quantitative estimate of drug-likeness (QED) is 0.869. The van der Waals surface area contributed by atoms with Gasteiger partial charge in [-0.05, 0) is 43.5 Å². The lowest BCUT2D eigenvalue weighted by atomic mass is 10.00. The minimum Gasteiger partial charge on any atom is -0.264 e. The molecule has 0 bridgehead atoms. The molecule has 1 heterocycles. The van der Waals surface area contributed by atoms with Gasteiger partial charge in [-0.2, -0.15) is 13.5 Å². The smallest absolute Gasteiger partial charge is 0.264 e. The highest BCUT2D eigenvalue weighted by atomic mass is 32.2. The highest BCUT2D eigenvalue weighted by Crippen LogP contribution is 2.18. The Morgan fingerprint density at radius 1 is 1.24 bits per heavy atom. The number of rotatable bonds is 3. The first-order valence-corrected chi connectivity index (χ1v) is 7.35. The fraction of sp³-hybridized carbons (Fsp3) is 0.286. The van der Waals surface area contributed by atoms with Crippen molar-refractivity contribution in [1.29, 1.82) is 0 Å². The van der Waals surface area contributed by atoms with Crippen LogP contribution in [0.2, 0.25) is 0 Å². The van der Waals surface area contributed by atoms with E-state index in [0.29, 0.717) is 6.54 Å². The largest absolute Gasteiger partial charge is 0.319 e. The van der Waals surface area contributed by atoms with Gasteiger partial charge < -0.3 is 0 Å². The summed E-state index contributed by atoms with van der Waals surface area (Å²) in [5, 5.41) is 4.08. The molecule has 0 saturated heterocycles. The molecule has 1 aromatic carbocycles. The predicted octanol–water partition coefficient (Wildman–Crippen LogP) is 2.06. The predicted molar refractivity (Wildman–Crippen MR) is 77.7 cm³/mol. The molecule has 0 N–H and O–H groups in total. The Kier molecular flexibility index (Phi) is 4.32. The SMILES string of the molecule is Cc1cc(C)c(Cn2nccc2C(=O)N=S(=O)=O)c(C)c1. The van der Waals surface area contributed by atoms with Crippen molar-refractivity contribution in [1.82, 2.24) is 9.78 Å². The van der Waals surface area contributed by atoms with E-state index in [1.165, 1.54) is 22.5 Å². The minimum atomic E-state index is -2.76. The summed E-state index contributed by atoms with van der Waals surface area (Å²) in [6, 6.07) is 5.58. The molecule has 6 nitrogen and oxygen atoms in total. The van der Waals surface area contributed by atoms with Crippen LogP contribution < -0.4 is 0 Å². The van der Waals surface area contributed by atoms with Crippen molar-refractivity contribution >= 4 is 16.4 Å². The van der Waals surface area contributed by atoms with Crippen LogP contribution in [0.1, 0.15) is 32.7 Å². The van der Waals surface area contributed by atoms with Gasteiger partial charge in [-0.1, -0.05) is 22.1 Å². The van der Waals surface area contributed by atoms with E-state index >= 15 is 0 Å². The lowest BCUT2D eigenvalue weighted by Crippen LogP contribution is -2.12. The van der Waals surface area contributed by atoms with Crippen molar-refractivity contribution in [2.45, 2.75) is 27.3 Å². The maximum absolute atomic E-state index is 11.7. The van der Waals surface area contributed by atoms with Gasteiger partial charge in [0, 0.05) is 6.20 Å². The molecule has 0 radical (unpaired) electrons. The zero-order chi connectivity index (χ0) is 15.6. The third-order valence-corrected chi connectivity index (χ3v) is 3.56. The Labute approximate surface area is 124 Å². The standard InChI is InChI=1S/C14H15N3O3S/c1-9-6-10(2)12(11(3)7-9)8-17-13(4-5-15-17)14(18)16-21(19)20/h4-7H,8H2,1-3H3. The minimum absolute atomic E-state index is 0.151. The average molecular weight is 305 g/mol. The van der Waals surface area contributed by atoms with Crippen molar-refractivity contribution in [3.8, 4) is 0 Å². The van der Waals surface area contributed by atoms with E-state index in [9.17, 15) is 13.2 Å². The van der Waals surface area contributed by atoms with Gasteiger partial charge in [0.1, 0.15) is 5.69 Å². The van der Waals surface area contributed by atoms with Crippen LogP contribution in [-0.2, 0) is 17.0 Å². The second-order valence-corrected chi connectivity index (χ2v) is 5.48. The Balaban J connectivity index is 2.41. The van der Waals surface area contributed by atoms with Gasteiger partial charge in [0.25, 0.3) is 0 Å². The number of aryl methyl sites for hydroxylation is 3. The molecule has 0 fully saturated rings. The van der Waals surface area contributed by atoms with Gasteiger partial charge in [-0.3, -0.25) is 9.48 Å². The summed E-state index contributed by atoms with van der Waals surface area (Å²) in [5.41, 5.74) is 4.58. The summed E-state index contributed by atoms with van der Waals surface area (Å²) in [4.78, 5) is 11.7. The summed E-state index contributed by atoms with van der Waals surface area (Å²) < 4.78 is 25.5. The van der Waals surface area contributed by atoms with Crippen LogP contribution in [0.25, 0.3) is 0 Å². The van der Waals surface area contributed by atoms with Crippen molar-refractivity contribution in [2.24, 2.45) is 4.36 Å². The monoisotopic (exact) mass is 305 g/mol. The maximum atomic E-state index is 11.7. The van der Waals surface area contributed by atoms with E-state index in [0.717, 1.165) is 16.7 Å². The number of carbonyl (C=O) groups excluding carboxylic acids is 1. The Morgan fingerprint density at radius 3 is 2.43 bits per heavy atom. The molecule has 1 aromatic heterocycles. The fourth-order valence-corrected chi connectivity index (χ4v) is 2.59. The third kappa shape index (κ3) is 3.43. The maximum Gasteiger partial charge on any atom is 0.319 e. The highest BCUT2D eigenvalue weighted by Gasteiger charge is 2.14. The van der Waals surface area contributed by atoms with Crippen molar-refractivity contribution < 1.29 is 13.2 Å². The van der Waals surface area contributed by atoms with Crippen molar-refractivity contribution in [2.75, 3.05) is 0 Å². The van der Waals surface area contributed by atoms with Crippen LogP contribution >= 0.6 is 0 Å². The van der Waals surface area contributed by atoms with E-state index in [1.54, 1.807) is 0 Å². The molecule has 0 aliphatic rings. The van der Waals surface area contributed by atoms with Gasteiger partial charge in [-0.25, -0.2) is 0 Å². The Bertz CT molecular complexity index is 804. The van der Waals surface area contributed by atoms with Gasteiger partial charge in [0.2, 0.25) is 0 Å². The topological polar surface area (TPSA) is 81.4 Å². The molecule has 0 spiro atoms. The number of carbonyl (C=O) groups is 1. The Morgan fingerprint density at radius 2 is 1.86 bits per heavy atom. The highest BCUT2D eigenvalue weighted by molar-refractivity contribution is 7.62. The molecule has 1 amide bonds. The molecule has 0 aliphatic heterocycles. The number of hydrogen-bond acceptors (Lipinski definition) is 4. The first-order valence-electron chi connectivity index (χ1n) is 6.32.